The van der Waals surface area contributed by atoms with Gasteiger partial charge in [0.15, 0.2) is 0 Å². The summed E-state index contributed by atoms with van der Waals surface area (Å²) in [5, 5.41) is 6.01. The molecule has 0 aliphatic carbocycles. The van der Waals surface area contributed by atoms with Gasteiger partial charge in [-0.3, -0.25) is 9.59 Å². The molecule has 2 N–H and O–H groups in total. The van der Waals surface area contributed by atoms with Crippen molar-refractivity contribution in [1.29, 1.82) is 0 Å². The first kappa shape index (κ1) is 15.9. The Morgan fingerprint density at radius 1 is 1.26 bits per heavy atom. The number of carbonyl (C=O) groups excluding carboxylic acids is 2. The normalized spacial score (nSPS) is 13.2. The minimum Gasteiger partial charge on any atom is -0.352 e. The second kappa shape index (κ2) is 6.64. The molecule has 0 radical (unpaired) electrons. The molecule has 2 aromatic rings. The van der Waals surface area contributed by atoms with Crippen LogP contribution in [0.15, 0.2) is 41.3 Å². The number of anilines is 1. The highest BCUT2D eigenvalue weighted by Crippen LogP contribution is 2.25. The number of amides is 2. The lowest BCUT2D eigenvalue weighted by Gasteiger charge is -2.17. The SMILES string of the molecule is CSc1ccc(Cl)c(C(=O)Nc2ccc3c(c2)C(=O)NCC3)c1. The molecule has 2 amide bonds. The number of nitrogens with one attached hydrogen (secondary N) is 2. The average molecular weight is 347 g/mol. The molecule has 2 aromatic carbocycles. The summed E-state index contributed by atoms with van der Waals surface area (Å²) < 4.78 is 0. The highest BCUT2D eigenvalue weighted by Gasteiger charge is 2.18. The van der Waals surface area contributed by atoms with Crippen molar-refractivity contribution in [1.82, 2.24) is 5.32 Å². The maximum absolute atomic E-state index is 12.4. The molecular formula is C17H15ClN2O2S. The Kier molecular flexibility index (Phi) is 4.59. The van der Waals surface area contributed by atoms with E-state index in [-0.39, 0.29) is 11.8 Å². The lowest BCUT2D eigenvalue weighted by molar-refractivity contribution is 0.0944. The van der Waals surface area contributed by atoms with E-state index in [0.29, 0.717) is 28.4 Å². The molecule has 0 fully saturated rings. The average Bonchev–Trinajstić information content (AvgIpc) is 2.56. The van der Waals surface area contributed by atoms with Crippen molar-refractivity contribution in [3.63, 3.8) is 0 Å². The molecule has 0 atom stereocenters. The first-order chi connectivity index (χ1) is 11.1. The van der Waals surface area contributed by atoms with Crippen molar-refractivity contribution in [3.05, 3.63) is 58.1 Å². The number of carbonyl (C=O) groups is 2. The minimum atomic E-state index is -0.290. The third-order valence-electron chi connectivity index (χ3n) is 3.71. The van der Waals surface area contributed by atoms with Crippen LogP contribution in [-0.2, 0) is 6.42 Å². The molecule has 4 nitrogen and oxygen atoms in total. The van der Waals surface area contributed by atoms with Gasteiger partial charge < -0.3 is 10.6 Å². The molecule has 1 aliphatic heterocycles. The van der Waals surface area contributed by atoms with Gasteiger partial charge in [-0.1, -0.05) is 17.7 Å². The summed E-state index contributed by atoms with van der Waals surface area (Å²) in [5.41, 5.74) is 2.60. The number of fused-ring (bicyclic) bond motifs is 1. The van der Waals surface area contributed by atoms with E-state index in [4.69, 9.17) is 11.6 Å². The van der Waals surface area contributed by atoms with Crippen LogP contribution in [0.2, 0.25) is 5.02 Å². The summed E-state index contributed by atoms with van der Waals surface area (Å²) in [6.07, 6.45) is 2.74. The van der Waals surface area contributed by atoms with Gasteiger partial charge in [-0.2, -0.15) is 0 Å². The van der Waals surface area contributed by atoms with Gasteiger partial charge in [0.25, 0.3) is 11.8 Å². The minimum absolute atomic E-state index is 0.107. The van der Waals surface area contributed by atoms with Crippen molar-refractivity contribution < 1.29 is 9.59 Å². The maximum atomic E-state index is 12.4. The predicted octanol–water partition coefficient (Wildman–Crippen LogP) is 3.60. The van der Waals surface area contributed by atoms with Gasteiger partial charge in [-0.05, 0) is 48.6 Å². The van der Waals surface area contributed by atoms with Crippen LogP contribution < -0.4 is 10.6 Å². The smallest absolute Gasteiger partial charge is 0.257 e. The molecule has 0 saturated heterocycles. The van der Waals surface area contributed by atoms with E-state index in [9.17, 15) is 9.59 Å². The number of hydrogen-bond acceptors (Lipinski definition) is 3. The molecule has 0 aromatic heterocycles. The Morgan fingerprint density at radius 3 is 2.87 bits per heavy atom. The third kappa shape index (κ3) is 3.35. The van der Waals surface area contributed by atoms with Crippen LogP contribution in [0.25, 0.3) is 0 Å². The number of thioether (sulfide) groups is 1. The zero-order valence-electron chi connectivity index (χ0n) is 12.5. The van der Waals surface area contributed by atoms with E-state index in [2.05, 4.69) is 10.6 Å². The van der Waals surface area contributed by atoms with E-state index in [1.807, 2.05) is 24.5 Å². The molecule has 6 heteroatoms. The molecule has 3 rings (SSSR count). The lowest BCUT2D eigenvalue weighted by Crippen LogP contribution is -2.31. The van der Waals surface area contributed by atoms with Crippen LogP contribution in [0.4, 0.5) is 5.69 Å². The van der Waals surface area contributed by atoms with E-state index in [1.54, 1.807) is 30.0 Å². The van der Waals surface area contributed by atoms with E-state index < -0.39 is 0 Å². The van der Waals surface area contributed by atoms with Gasteiger partial charge in [0, 0.05) is 22.7 Å². The van der Waals surface area contributed by atoms with Gasteiger partial charge in [0.1, 0.15) is 0 Å². The van der Waals surface area contributed by atoms with Crippen molar-refractivity contribution >= 4 is 40.9 Å². The van der Waals surface area contributed by atoms with E-state index >= 15 is 0 Å². The summed E-state index contributed by atoms with van der Waals surface area (Å²) in [7, 11) is 0. The van der Waals surface area contributed by atoms with Gasteiger partial charge >= 0.3 is 0 Å². The van der Waals surface area contributed by atoms with Gasteiger partial charge in [0.2, 0.25) is 0 Å². The van der Waals surface area contributed by atoms with Crippen LogP contribution >= 0.6 is 23.4 Å². The Labute approximate surface area is 143 Å². The van der Waals surface area contributed by atoms with Gasteiger partial charge in [0.05, 0.1) is 10.6 Å². The first-order valence-corrected chi connectivity index (χ1v) is 8.75. The predicted molar refractivity (Wildman–Crippen MR) is 93.7 cm³/mol. The maximum Gasteiger partial charge on any atom is 0.257 e. The summed E-state index contributed by atoms with van der Waals surface area (Å²) >= 11 is 7.66. The highest BCUT2D eigenvalue weighted by atomic mass is 35.5. The van der Waals surface area contributed by atoms with E-state index in [0.717, 1.165) is 16.9 Å². The lowest BCUT2D eigenvalue weighted by atomic mass is 10.00. The second-order valence-corrected chi connectivity index (χ2v) is 6.46. The van der Waals surface area contributed by atoms with Crippen LogP contribution in [0, 0.1) is 0 Å². The number of hydrogen-bond donors (Lipinski definition) is 2. The standard InChI is InChI=1S/C17H15ClN2O2S/c1-23-12-4-5-15(18)14(9-12)17(22)20-11-3-2-10-6-7-19-16(21)13(10)8-11/h2-5,8-9H,6-7H2,1H3,(H,19,21)(H,20,22). The van der Waals surface area contributed by atoms with Crippen LogP contribution in [0.5, 0.6) is 0 Å². The van der Waals surface area contributed by atoms with Gasteiger partial charge in [-0.15, -0.1) is 11.8 Å². The zero-order chi connectivity index (χ0) is 16.4. The largest absolute Gasteiger partial charge is 0.352 e. The molecule has 0 saturated carbocycles. The highest BCUT2D eigenvalue weighted by molar-refractivity contribution is 7.98. The Balaban J connectivity index is 1.86. The summed E-state index contributed by atoms with van der Waals surface area (Å²) in [5.74, 6) is -0.396. The van der Waals surface area contributed by atoms with E-state index in [1.165, 1.54) is 0 Å². The molecule has 1 heterocycles. The fraction of sp³-hybridized carbons (Fsp3) is 0.176. The molecule has 0 bridgehead atoms. The zero-order valence-corrected chi connectivity index (χ0v) is 14.1. The molecule has 118 valence electrons. The molecule has 0 spiro atoms. The Bertz CT molecular complexity index is 792. The molecule has 1 aliphatic rings. The summed E-state index contributed by atoms with van der Waals surface area (Å²) in [6, 6.07) is 10.7. The molecule has 23 heavy (non-hydrogen) atoms. The fourth-order valence-corrected chi connectivity index (χ4v) is 3.14. The quantitative estimate of drug-likeness (QED) is 0.835. The van der Waals surface area contributed by atoms with Crippen molar-refractivity contribution in [2.24, 2.45) is 0 Å². The Morgan fingerprint density at radius 2 is 2.09 bits per heavy atom. The van der Waals surface area contributed by atoms with Crippen LogP contribution in [0.3, 0.4) is 0 Å². The second-order valence-electron chi connectivity index (χ2n) is 5.18. The molecule has 0 unspecified atom stereocenters. The van der Waals surface area contributed by atoms with Crippen LogP contribution in [0.1, 0.15) is 26.3 Å². The topological polar surface area (TPSA) is 58.2 Å². The summed E-state index contributed by atoms with van der Waals surface area (Å²) in [4.78, 5) is 25.3. The fourth-order valence-electron chi connectivity index (χ4n) is 2.49. The third-order valence-corrected chi connectivity index (χ3v) is 4.77. The first-order valence-electron chi connectivity index (χ1n) is 7.14. The van der Waals surface area contributed by atoms with Gasteiger partial charge in [-0.25, -0.2) is 0 Å². The number of rotatable bonds is 3. The Hall–Kier alpha value is -1.98. The van der Waals surface area contributed by atoms with Crippen molar-refractivity contribution in [2.75, 3.05) is 18.1 Å². The number of halogens is 1. The monoisotopic (exact) mass is 346 g/mol. The van der Waals surface area contributed by atoms with Crippen molar-refractivity contribution in [2.45, 2.75) is 11.3 Å². The van der Waals surface area contributed by atoms with Crippen LogP contribution in [-0.4, -0.2) is 24.6 Å². The summed E-state index contributed by atoms with van der Waals surface area (Å²) in [6.45, 7) is 0.647. The molecular weight excluding hydrogens is 332 g/mol. The van der Waals surface area contributed by atoms with Crippen molar-refractivity contribution in [3.8, 4) is 0 Å². The number of benzene rings is 2.